The second kappa shape index (κ2) is 6.15. The van der Waals surface area contributed by atoms with E-state index in [4.69, 9.17) is 4.74 Å². The van der Waals surface area contributed by atoms with Crippen molar-refractivity contribution in [2.45, 2.75) is 19.8 Å². The average molecular weight is 270 g/mol. The molecule has 6 heteroatoms. The number of carbonyl (C=O) groups is 1. The van der Waals surface area contributed by atoms with E-state index in [1.54, 1.807) is 6.92 Å². The van der Waals surface area contributed by atoms with Crippen LogP contribution in [0.4, 0.5) is 5.13 Å². The van der Waals surface area contributed by atoms with Crippen molar-refractivity contribution in [3.63, 3.8) is 0 Å². The Hall–Kier alpha value is -1.14. The molecule has 1 aromatic rings. The molecule has 0 spiro atoms. The predicted octanol–water partition coefficient (Wildman–Crippen LogP) is 2.08. The molecule has 1 aliphatic carbocycles. The molecule has 5 nitrogen and oxygen atoms in total. The molecule has 1 fully saturated rings. The number of aryl methyl sites for hydroxylation is 1. The summed E-state index contributed by atoms with van der Waals surface area (Å²) < 4.78 is 10.2. The molecular weight excluding hydrogens is 252 g/mol. The van der Waals surface area contributed by atoms with Crippen LogP contribution in [0.3, 0.4) is 0 Å². The van der Waals surface area contributed by atoms with E-state index in [-0.39, 0.29) is 5.97 Å². The largest absolute Gasteiger partial charge is 0.465 e. The zero-order chi connectivity index (χ0) is 13.0. The topological polar surface area (TPSA) is 60.5 Å². The number of aromatic nitrogens is 1. The van der Waals surface area contributed by atoms with Crippen LogP contribution in [-0.4, -0.2) is 37.8 Å². The first kappa shape index (κ1) is 13.3. The number of esters is 1. The number of hydrogen-bond donors (Lipinski definition) is 1. The van der Waals surface area contributed by atoms with Crippen LogP contribution in [-0.2, 0) is 9.47 Å². The standard InChI is InChI=1S/C12H18N2O3S/c1-8-10(11(15)16-2)18-12(14-8)13-5-6-17-7-9-3-4-9/h9H,3-7H2,1-2H3,(H,13,14). The summed E-state index contributed by atoms with van der Waals surface area (Å²) in [6.45, 7) is 4.05. The number of rotatable bonds is 7. The van der Waals surface area contributed by atoms with Crippen molar-refractivity contribution in [1.82, 2.24) is 4.98 Å². The SMILES string of the molecule is COC(=O)c1sc(NCCOCC2CC2)nc1C. The Balaban J connectivity index is 1.73. The van der Waals surface area contributed by atoms with Gasteiger partial charge in [-0.05, 0) is 25.7 Å². The van der Waals surface area contributed by atoms with Gasteiger partial charge in [0.2, 0.25) is 0 Å². The summed E-state index contributed by atoms with van der Waals surface area (Å²) in [5.74, 6) is 0.459. The van der Waals surface area contributed by atoms with Gasteiger partial charge in [0.25, 0.3) is 0 Å². The average Bonchev–Trinajstić information content (AvgIpc) is 3.11. The van der Waals surface area contributed by atoms with Crippen LogP contribution in [0.15, 0.2) is 0 Å². The van der Waals surface area contributed by atoms with Crippen LogP contribution in [0.2, 0.25) is 0 Å². The molecule has 0 atom stereocenters. The lowest BCUT2D eigenvalue weighted by Gasteiger charge is -2.03. The Labute approximate surface area is 111 Å². The number of nitrogens with one attached hydrogen (secondary N) is 1. The van der Waals surface area contributed by atoms with Crippen molar-refractivity contribution >= 4 is 22.4 Å². The van der Waals surface area contributed by atoms with Crippen LogP contribution in [0.5, 0.6) is 0 Å². The fourth-order valence-corrected chi connectivity index (χ4v) is 2.43. The molecular formula is C12H18N2O3S. The Morgan fingerprint density at radius 3 is 3.00 bits per heavy atom. The van der Waals surface area contributed by atoms with Gasteiger partial charge in [0.1, 0.15) is 4.88 Å². The summed E-state index contributed by atoms with van der Waals surface area (Å²) in [5, 5.41) is 3.89. The van der Waals surface area contributed by atoms with Crippen molar-refractivity contribution < 1.29 is 14.3 Å². The van der Waals surface area contributed by atoms with Crippen molar-refractivity contribution in [3.8, 4) is 0 Å². The van der Waals surface area contributed by atoms with E-state index in [0.29, 0.717) is 23.7 Å². The second-order valence-corrected chi connectivity index (χ2v) is 5.37. The van der Waals surface area contributed by atoms with E-state index < -0.39 is 0 Å². The van der Waals surface area contributed by atoms with Gasteiger partial charge in [-0.25, -0.2) is 9.78 Å². The molecule has 100 valence electrons. The number of thiazole rings is 1. The van der Waals surface area contributed by atoms with Crippen LogP contribution < -0.4 is 5.32 Å². The lowest BCUT2D eigenvalue weighted by molar-refractivity contribution is 0.0605. The molecule has 0 aliphatic heterocycles. The first-order valence-corrected chi connectivity index (χ1v) is 6.89. The zero-order valence-electron chi connectivity index (χ0n) is 10.7. The molecule has 18 heavy (non-hydrogen) atoms. The minimum atomic E-state index is -0.331. The summed E-state index contributed by atoms with van der Waals surface area (Å²) in [6, 6.07) is 0. The number of carbonyl (C=O) groups excluding carboxylic acids is 1. The highest BCUT2D eigenvalue weighted by Gasteiger charge is 2.21. The second-order valence-electron chi connectivity index (χ2n) is 4.37. The van der Waals surface area contributed by atoms with E-state index in [0.717, 1.165) is 17.7 Å². The van der Waals surface area contributed by atoms with Gasteiger partial charge in [0, 0.05) is 13.2 Å². The van der Waals surface area contributed by atoms with Gasteiger partial charge < -0.3 is 14.8 Å². The molecule has 0 saturated heterocycles. The highest BCUT2D eigenvalue weighted by molar-refractivity contribution is 7.17. The third-order valence-corrected chi connectivity index (χ3v) is 3.84. The van der Waals surface area contributed by atoms with Gasteiger partial charge in [-0.15, -0.1) is 0 Å². The van der Waals surface area contributed by atoms with Gasteiger partial charge in [-0.2, -0.15) is 0 Å². The molecule has 0 bridgehead atoms. The minimum Gasteiger partial charge on any atom is -0.465 e. The zero-order valence-corrected chi connectivity index (χ0v) is 11.5. The van der Waals surface area contributed by atoms with Gasteiger partial charge in [-0.1, -0.05) is 11.3 Å². The number of methoxy groups -OCH3 is 1. The summed E-state index contributed by atoms with van der Waals surface area (Å²) in [4.78, 5) is 16.2. The van der Waals surface area contributed by atoms with E-state index in [9.17, 15) is 4.79 Å². The van der Waals surface area contributed by atoms with E-state index in [1.807, 2.05) is 0 Å². The van der Waals surface area contributed by atoms with Gasteiger partial charge in [0.15, 0.2) is 5.13 Å². The highest BCUT2D eigenvalue weighted by atomic mass is 32.1. The number of anilines is 1. The van der Waals surface area contributed by atoms with Crippen molar-refractivity contribution in [2.24, 2.45) is 5.92 Å². The smallest absolute Gasteiger partial charge is 0.350 e. The normalized spacial score (nSPS) is 14.6. The third kappa shape index (κ3) is 3.68. The van der Waals surface area contributed by atoms with Crippen LogP contribution in [0.25, 0.3) is 0 Å². The summed E-state index contributed by atoms with van der Waals surface area (Å²) in [6.07, 6.45) is 2.61. The number of ether oxygens (including phenoxy) is 2. The summed E-state index contributed by atoms with van der Waals surface area (Å²) in [7, 11) is 1.38. The molecule has 0 radical (unpaired) electrons. The Kier molecular flexibility index (Phi) is 4.54. The molecule has 0 amide bonds. The van der Waals surface area contributed by atoms with Crippen molar-refractivity contribution in [3.05, 3.63) is 10.6 Å². The monoisotopic (exact) mass is 270 g/mol. The highest BCUT2D eigenvalue weighted by Crippen LogP contribution is 2.28. The van der Waals surface area contributed by atoms with Crippen LogP contribution >= 0.6 is 11.3 Å². The maximum atomic E-state index is 11.4. The van der Waals surface area contributed by atoms with Crippen LogP contribution in [0, 0.1) is 12.8 Å². The molecule has 2 rings (SSSR count). The number of hydrogen-bond acceptors (Lipinski definition) is 6. The quantitative estimate of drug-likeness (QED) is 0.607. The molecule has 0 unspecified atom stereocenters. The molecule has 1 heterocycles. The van der Waals surface area contributed by atoms with E-state index in [1.165, 1.54) is 31.3 Å². The molecule has 0 aromatic carbocycles. The van der Waals surface area contributed by atoms with Crippen molar-refractivity contribution in [1.29, 1.82) is 0 Å². The lowest BCUT2D eigenvalue weighted by Crippen LogP contribution is -2.10. The molecule has 1 aromatic heterocycles. The van der Waals surface area contributed by atoms with Gasteiger partial charge in [0.05, 0.1) is 19.4 Å². The third-order valence-electron chi connectivity index (χ3n) is 2.74. The Bertz CT molecular complexity index is 415. The van der Waals surface area contributed by atoms with Crippen LogP contribution in [0.1, 0.15) is 28.2 Å². The molecule has 1 aliphatic rings. The Morgan fingerprint density at radius 2 is 2.33 bits per heavy atom. The lowest BCUT2D eigenvalue weighted by atomic mass is 10.4. The first-order valence-electron chi connectivity index (χ1n) is 6.08. The molecule has 1 saturated carbocycles. The predicted molar refractivity (Wildman–Crippen MR) is 70.2 cm³/mol. The fourth-order valence-electron chi connectivity index (χ4n) is 1.52. The van der Waals surface area contributed by atoms with E-state index in [2.05, 4.69) is 15.0 Å². The maximum Gasteiger partial charge on any atom is 0.350 e. The minimum absolute atomic E-state index is 0.331. The fraction of sp³-hybridized carbons (Fsp3) is 0.667. The van der Waals surface area contributed by atoms with Gasteiger partial charge in [-0.3, -0.25) is 0 Å². The summed E-state index contributed by atoms with van der Waals surface area (Å²) in [5.41, 5.74) is 0.702. The van der Waals surface area contributed by atoms with E-state index >= 15 is 0 Å². The molecule has 1 N–H and O–H groups in total. The number of nitrogens with zero attached hydrogens (tertiary/aromatic N) is 1. The summed E-state index contributed by atoms with van der Waals surface area (Å²) >= 11 is 1.32. The maximum absolute atomic E-state index is 11.4. The van der Waals surface area contributed by atoms with Crippen molar-refractivity contribution in [2.75, 3.05) is 32.2 Å². The Morgan fingerprint density at radius 1 is 1.56 bits per heavy atom. The first-order chi connectivity index (χ1) is 8.70. The van der Waals surface area contributed by atoms with Gasteiger partial charge >= 0.3 is 5.97 Å².